The Labute approximate surface area is 128 Å². The summed E-state index contributed by atoms with van der Waals surface area (Å²) in [4.78, 5) is 6.77. The van der Waals surface area contributed by atoms with Crippen LogP contribution in [0.2, 0.25) is 0 Å². The summed E-state index contributed by atoms with van der Waals surface area (Å²) in [5.41, 5.74) is 10.1. The van der Waals surface area contributed by atoms with E-state index in [0.29, 0.717) is 5.82 Å². The molecule has 5 nitrogen and oxygen atoms in total. The minimum absolute atomic E-state index is 0.0391. The summed E-state index contributed by atoms with van der Waals surface area (Å²) in [6.45, 7) is 6.87. The third-order valence-electron chi connectivity index (χ3n) is 5.10. The smallest absolute Gasteiger partial charge is 0.126 e. The van der Waals surface area contributed by atoms with Gasteiger partial charge in [0.05, 0.1) is 0 Å². The largest absolute Gasteiger partial charge is 0.383 e. The van der Waals surface area contributed by atoms with Crippen molar-refractivity contribution in [3.8, 4) is 0 Å². The molecule has 2 unspecified atom stereocenters. The first-order chi connectivity index (χ1) is 10.1. The van der Waals surface area contributed by atoms with E-state index in [1.165, 1.54) is 19.3 Å². The van der Waals surface area contributed by atoms with Gasteiger partial charge in [0.2, 0.25) is 0 Å². The highest BCUT2D eigenvalue weighted by atomic mass is 15.3. The molecule has 1 aliphatic rings. The molecule has 1 aromatic rings. The summed E-state index contributed by atoms with van der Waals surface area (Å²) in [6, 6.07) is 4.13. The second-order valence-corrected chi connectivity index (χ2v) is 6.23. The van der Waals surface area contributed by atoms with Crippen LogP contribution in [0.1, 0.15) is 45.1 Å². The quantitative estimate of drug-likeness (QED) is 0.549. The van der Waals surface area contributed by atoms with E-state index < -0.39 is 0 Å². The van der Waals surface area contributed by atoms with Gasteiger partial charge in [0.1, 0.15) is 5.82 Å². The van der Waals surface area contributed by atoms with E-state index in [-0.39, 0.29) is 11.6 Å². The summed E-state index contributed by atoms with van der Waals surface area (Å²) in [5.74, 6) is 6.51. The Morgan fingerprint density at radius 1 is 1.38 bits per heavy atom. The third-order valence-corrected chi connectivity index (χ3v) is 5.10. The molecule has 1 aliphatic heterocycles. The van der Waals surface area contributed by atoms with E-state index in [1.54, 1.807) is 6.20 Å². The number of nitrogens with two attached hydrogens (primary N) is 2. The predicted molar refractivity (Wildman–Crippen MR) is 87.6 cm³/mol. The number of piperidine rings is 1. The van der Waals surface area contributed by atoms with Crippen molar-refractivity contribution in [1.29, 1.82) is 0 Å². The zero-order valence-electron chi connectivity index (χ0n) is 13.3. The van der Waals surface area contributed by atoms with Gasteiger partial charge in [-0.25, -0.2) is 4.98 Å². The minimum atomic E-state index is 0.0391. The van der Waals surface area contributed by atoms with Crippen LogP contribution >= 0.6 is 0 Å². The van der Waals surface area contributed by atoms with E-state index in [0.717, 1.165) is 31.5 Å². The van der Waals surface area contributed by atoms with Crippen LogP contribution in [0.3, 0.4) is 0 Å². The topological polar surface area (TPSA) is 80.2 Å². The first kappa shape index (κ1) is 16.2. The first-order valence-corrected chi connectivity index (χ1v) is 8.02. The van der Waals surface area contributed by atoms with Crippen molar-refractivity contribution in [1.82, 2.24) is 15.3 Å². The van der Waals surface area contributed by atoms with Gasteiger partial charge in [-0.3, -0.25) is 16.2 Å². The number of hydrogen-bond donors (Lipinski definition) is 3. The zero-order valence-corrected chi connectivity index (χ0v) is 13.3. The number of nitrogen functional groups attached to an aromatic ring is 1. The lowest BCUT2D eigenvalue weighted by atomic mass is 9.82. The van der Waals surface area contributed by atoms with Crippen LogP contribution in [0.15, 0.2) is 18.3 Å². The molecule has 0 bridgehead atoms. The van der Waals surface area contributed by atoms with E-state index in [9.17, 15) is 0 Å². The standard InChI is InChI=1S/C16H29N5/c1-3-16(2,21-10-5-4-6-11-21)14(20-18)12-13-8-7-9-19-15(13)17/h7-9,14,20H,3-6,10-12,18H2,1-2H3,(H2,17,19). The van der Waals surface area contributed by atoms with Gasteiger partial charge < -0.3 is 5.73 Å². The number of hydrogen-bond acceptors (Lipinski definition) is 5. The Morgan fingerprint density at radius 2 is 2.10 bits per heavy atom. The van der Waals surface area contributed by atoms with Crippen LogP contribution in [0.5, 0.6) is 0 Å². The Kier molecular flexibility index (Phi) is 5.56. The molecular formula is C16H29N5. The van der Waals surface area contributed by atoms with Gasteiger partial charge >= 0.3 is 0 Å². The lowest BCUT2D eigenvalue weighted by molar-refractivity contribution is 0.0430. The molecule has 1 saturated heterocycles. The van der Waals surface area contributed by atoms with Gasteiger partial charge in [0.15, 0.2) is 0 Å². The normalized spacial score (nSPS) is 20.9. The molecular weight excluding hydrogens is 262 g/mol. The molecule has 5 heteroatoms. The Morgan fingerprint density at radius 3 is 2.67 bits per heavy atom. The van der Waals surface area contributed by atoms with Crippen molar-refractivity contribution in [2.24, 2.45) is 5.84 Å². The van der Waals surface area contributed by atoms with Crippen LogP contribution in [0.4, 0.5) is 5.82 Å². The highest BCUT2D eigenvalue weighted by Crippen LogP contribution is 2.29. The number of anilines is 1. The molecule has 0 spiro atoms. The molecule has 118 valence electrons. The molecule has 2 atom stereocenters. The molecule has 0 radical (unpaired) electrons. The Bertz CT molecular complexity index is 444. The maximum Gasteiger partial charge on any atom is 0.126 e. The van der Waals surface area contributed by atoms with E-state index in [1.807, 2.05) is 12.1 Å². The fourth-order valence-corrected chi connectivity index (χ4v) is 3.40. The lowest BCUT2D eigenvalue weighted by Crippen LogP contribution is -2.62. The van der Waals surface area contributed by atoms with Crippen molar-refractivity contribution < 1.29 is 0 Å². The molecule has 0 saturated carbocycles. The second kappa shape index (κ2) is 7.20. The van der Waals surface area contributed by atoms with Gasteiger partial charge in [-0.05, 0) is 57.3 Å². The zero-order chi connectivity index (χ0) is 15.3. The summed E-state index contributed by atoms with van der Waals surface area (Å²) >= 11 is 0. The fourth-order valence-electron chi connectivity index (χ4n) is 3.40. The van der Waals surface area contributed by atoms with E-state index in [4.69, 9.17) is 11.6 Å². The fraction of sp³-hybridized carbons (Fsp3) is 0.688. The molecule has 2 heterocycles. The Balaban J connectivity index is 2.18. The van der Waals surface area contributed by atoms with Crippen molar-refractivity contribution in [2.75, 3.05) is 18.8 Å². The molecule has 5 N–H and O–H groups in total. The maximum atomic E-state index is 5.99. The van der Waals surface area contributed by atoms with Crippen LogP contribution in [0, 0.1) is 0 Å². The van der Waals surface area contributed by atoms with Gasteiger partial charge in [-0.1, -0.05) is 19.4 Å². The third kappa shape index (κ3) is 3.54. The van der Waals surface area contributed by atoms with Crippen molar-refractivity contribution >= 4 is 5.82 Å². The maximum absolute atomic E-state index is 5.99. The molecule has 21 heavy (non-hydrogen) atoms. The van der Waals surface area contributed by atoms with Crippen molar-refractivity contribution in [2.45, 2.75) is 57.5 Å². The molecule has 0 aliphatic carbocycles. The highest BCUT2D eigenvalue weighted by molar-refractivity contribution is 5.39. The lowest BCUT2D eigenvalue weighted by Gasteiger charge is -2.48. The number of aromatic nitrogens is 1. The number of rotatable bonds is 6. The van der Waals surface area contributed by atoms with Gasteiger partial charge in [-0.15, -0.1) is 0 Å². The monoisotopic (exact) mass is 291 g/mol. The van der Waals surface area contributed by atoms with Crippen LogP contribution in [-0.4, -0.2) is 34.6 Å². The average molecular weight is 291 g/mol. The molecule has 0 amide bonds. The average Bonchev–Trinajstić information content (AvgIpc) is 2.54. The van der Waals surface area contributed by atoms with E-state index in [2.05, 4.69) is 29.2 Å². The minimum Gasteiger partial charge on any atom is -0.383 e. The van der Waals surface area contributed by atoms with Crippen LogP contribution in [-0.2, 0) is 6.42 Å². The summed E-state index contributed by atoms with van der Waals surface area (Å²) < 4.78 is 0. The van der Waals surface area contributed by atoms with Crippen LogP contribution < -0.4 is 17.0 Å². The Hall–Kier alpha value is -1.17. The number of hydrazine groups is 1. The molecule has 2 rings (SSSR count). The summed E-state index contributed by atoms with van der Waals surface area (Å²) in [6.07, 6.45) is 7.49. The second-order valence-electron chi connectivity index (χ2n) is 6.23. The SMILES string of the molecule is CCC(C)(C(Cc1cccnc1N)NN)N1CCCCC1. The first-order valence-electron chi connectivity index (χ1n) is 8.02. The summed E-state index contributed by atoms with van der Waals surface area (Å²) in [5, 5.41) is 0. The molecule has 1 fully saturated rings. The van der Waals surface area contributed by atoms with Gasteiger partial charge in [0.25, 0.3) is 0 Å². The molecule has 1 aromatic heterocycles. The number of likely N-dealkylation sites (tertiary alicyclic amines) is 1. The summed E-state index contributed by atoms with van der Waals surface area (Å²) in [7, 11) is 0. The van der Waals surface area contributed by atoms with Crippen molar-refractivity contribution in [3.63, 3.8) is 0 Å². The van der Waals surface area contributed by atoms with Crippen LogP contribution in [0.25, 0.3) is 0 Å². The number of nitrogens with one attached hydrogen (secondary N) is 1. The molecule has 0 aromatic carbocycles. The number of nitrogens with zero attached hydrogens (tertiary/aromatic N) is 2. The highest BCUT2D eigenvalue weighted by Gasteiger charge is 2.38. The predicted octanol–water partition coefficient (Wildman–Crippen LogP) is 1.69. The van der Waals surface area contributed by atoms with Crippen molar-refractivity contribution in [3.05, 3.63) is 23.9 Å². The number of pyridine rings is 1. The van der Waals surface area contributed by atoms with Gasteiger partial charge in [-0.2, -0.15) is 0 Å². The van der Waals surface area contributed by atoms with Gasteiger partial charge in [0, 0.05) is 17.8 Å². The van der Waals surface area contributed by atoms with E-state index >= 15 is 0 Å².